The second-order valence-corrected chi connectivity index (χ2v) is 4.64. The fourth-order valence-corrected chi connectivity index (χ4v) is 1.91. The van der Waals surface area contributed by atoms with E-state index in [-0.39, 0.29) is 5.91 Å². The van der Waals surface area contributed by atoms with Gasteiger partial charge in [-0.25, -0.2) is 0 Å². The largest absolute Gasteiger partial charge is 0.467 e. The van der Waals surface area contributed by atoms with Gasteiger partial charge in [-0.1, -0.05) is 12.1 Å². The monoisotopic (exact) mass is 268 g/mol. The number of benzene rings is 1. The molecular weight excluding hydrogens is 252 g/mol. The number of carbonyl (C=O) groups excluding carboxylic acids is 1. The minimum atomic E-state index is 0.0748. The smallest absolute Gasteiger partial charge is 0.223 e. The Kier molecular flexibility index (Phi) is 4.56. The Morgan fingerprint density at radius 1 is 1.30 bits per heavy atom. The van der Waals surface area contributed by atoms with Crippen molar-refractivity contribution >= 4 is 5.91 Å². The summed E-state index contributed by atoms with van der Waals surface area (Å²) >= 11 is 0. The van der Waals surface area contributed by atoms with Crippen molar-refractivity contribution in [3.05, 3.63) is 59.5 Å². The van der Waals surface area contributed by atoms with Crippen molar-refractivity contribution in [1.82, 2.24) is 4.90 Å². The fraction of sp³-hybridized carbons (Fsp3) is 0.250. The zero-order valence-corrected chi connectivity index (χ0v) is 11.4. The second-order valence-electron chi connectivity index (χ2n) is 4.64. The molecule has 102 valence electrons. The molecule has 2 aromatic rings. The molecule has 4 heteroatoms. The quantitative estimate of drug-likeness (QED) is 0.837. The summed E-state index contributed by atoms with van der Waals surface area (Å²) in [5.74, 6) is 0.852. The first-order chi connectivity index (χ1) is 9.69. The van der Waals surface area contributed by atoms with Crippen LogP contribution in [-0.4, -0.2) is 17.9 Å². The third-order valence-electron chi connectivity index (χ3n) is 3.11. The molecule has 0 N–H and O–H groups in total. The van der Waals surface area contributed by atoms with Crippen LogP contribution in [-0.2, 0) is 17.8 Å². The number of nitrogens with zero attached hydrogens (tertiary/aromatic N) is 2. The van der Waals surface area contributed by atoms with Crippen LogP contribution in [0, 0.1) is 11.3 Å². The van der Waals surface area contributed by atoms with Crippen molar-refractivity contribution < 1.29 is 9.21 Å². The van der Waals surface area contributed by atoms with E-state index in [1.54, 1.807) is 30.3 Å². The van der Waals surface area contributed by atoms with Crippen molar-refractivity contribution in [2.75, 3.05) is 7.05 Å². The number of amides is 1. The maximum atomic E-state index is 12.0. The van der Waals surface area contributed by atoms with Gasteiger partial charge in [0.25, 0.3) is 0 Å². The standard InChI is InChI=1S/C16H16N2O2/c1-18(12-15-3-2-10-20-15)16(19)9-8-13-4-6-14(11-17)7-5-13/h2-7,10H,8-9,12H2,1H3. The summed E-state index contributed by atoms with van der Waals surface area (Å²) in [6.45, 7) is 0.485. The molecule has 0 saturated heterocycles. The van der Waals surface area contributed by atoms with Gasteiger partial charge in [0.1, 0.15) is 5.76 Å². The molecular formula is C16H16N2O2. The molecule has 1 amide bonds. The summed E-state index contributed by atoms with van der Waals surface area (Å²) in [5, 5.41) is 8.72. The highest BCUT2D eigenvalue weighted by atomic mass is 16.3. The van der Waals surface area contributed by atoms with E-state index in [0.29, 0.717) is 24.9 Å². The van der Waals surface area contributed by atoms with E-state index < -0.39 is 0 Å². The van der Waals surface area contributed by atoms with Crippen LogP contribution >= 0.6 is 0 Å². The molecule has 1 aromatic carbocycles. The van der Waals surface area contributed by atoms with Crippen LogP contribution in [0.2, 0.25) is 0 Å². The summed E-state index contributed by atoms with van der Waals surface area (Å²) in [5.41, 5.74) is 1.69. The molecule has 0 spiro atoms. The van der Waals surface area contributed by atoms with Gasteiger partial charge in [0.2, 0.25) is 5.91 Å². The molecule has 2 rings (SSSR count). The Morgan fingerprint density at radius 2 is 2.05 bits per heavy atom. The summed E-state index contributed by atoms with van der Waals surface area (Å²) in [7, 11) is 1.77. The average Bonchev–Trinajstić information content (AvgIpc) is 2.98. The second kappa shape index (κ2) is 6.58. The Bertz CT molecular complexity index is 594. The van der Waals surface area contributed by atoms with E-state index in [4.69, 9.17) is 9.68 Å². The van der Waals surface area contributed by atoms with Gasteiger partial charge in [0.15, 0.2) is 0 Å². The van der Waals surface area contributed by atoms with E-state index in [2.05, 4.69) is 6.07 Å². The first kappa shape index (κ1) is 13.9. The van der Waals surface area contributed by atoms with Crippen molar-refractivity contribution in [3.8, 4) is 6.07 Å². The number of carbonyl (C=O) groups is 1. The number of nitriles is 1. The van der Waals surface area contributed by atoms with Crippen molar-refractivity contribution in [2.45, 2.75) is 19.4 Å². The van der Waals surface area contributed by atoms with Crippen LogP contribution in [0.15, 0.2) is 47.1 Å². The van der Waals surface area contributed by atoms with Gasteiger partial charge in [0.05, 0.1) is 24.4 Å². The molecule has 0 aliphatic carbocycles. The molecule has 0 aliphatic rings. The van der Waals surface area contributed by atoms with Crippen LogP contribution < -0.4 is 0 Å². The van der Waals surface area contributed by atoms with Crippen LogP contribution in [0.5, 0.6) is 0 Å². The maximum absolute atomic E-state index is 12.0. The van der Waals surface area contributed by atoms with Crippen molar-refractivity contribution in [3.63, 3.8) is 0 Å². The zero-order chi connectivity index (χ0) is 14.4. The average molecular weight is 268 g/mol. The van der Waals surface area contributed by atoms with E-state index >= 15 is 0 Å². The van der Waals surface area contributed by atoms with Gasteiger partial charge in [-0.2, -0.15) is 5.26 Å². The first-order valence-corrected chi connectivity index (χ1v) is 6.44. The molecule has 0 unspecified atom stereocenters. The lowest BCUT2D eigenvalue weighted by molar-refractivity contribution is -0.130. The highest BCUT2D eigenvalue weighted by Gasteiger charge is 2.10. The Balaban J connectivity index is 1.83. The minimum Gasteiger partial charge on any atom is -0.467 e. The highest BCUT2D eigenvalue weighted by molar-refractivity contribution is 5.76. The summed E-state index contributed by atoms with van der Waals surface area (Å²) in [6.07, 6.45) is 2.72. The lowest BCUT2D eigenvalue weighted by atomic mass is 10.1. The van der Waals surface area contributed by atoms with Gasteiger partial charge in [-0.3, -0.25) is 4.79 Å². The van der Waals surface area contributed by atoms with Crippen LogP contribution in [0.1, 0.15) is 23.3 Å². The van der Waals surface area contributed by atoms with Gasteiger partial charge >= 0.3 is 0 Å². The van der Waals surface area contributed by atoms with Crippen LogP contribution in [0.3, 0.4) is 0 Å². The molecule has 1 aromatic heterocycles. The Labute approximate surface area is 118 Å². The molecule has 1 heterocycles. The van der Waals surface area contributed by atoms with Gasteiger partial charge in [-0.05, 0) is 36.2 Å². The van der Waals surface area contributed by atoms with Crippen molar-refractivity contribution in [1.29, 1.82) is 5.26 Å². The summed E-state index contributed by atoms with van der Waals surface area (Å²) in [6, 6.07) is 13.1. The molecule has 0 fully saturated rings. The van der Waals surface area contributed by atoms with E-state index in [0.717, 1.165) is 11.3 Å². The molecule has 0 aliphatic heterocycles. The summed E-state index contributed by atoms with van der Waals surface area (Å²) < 4.78 is 5.22. The van der Waals surface area contributed by atoms with Crippen LogP contribution in [0.4, 0.5) is 0 Å². The number of aryl methyl sites for hydroxylation is 1. The predicted octanol–water partition coefficient (Wildman–Crippen LogP) is 2.74. The number of hydrogen-bond acceptors (Lipinski definition) is 3. The Morgan fingerprint density at radius 3 is 2.65 bits per heavy atom. The maximum Gasteiger partial charge on any atom is 0.223 e. The molecule has 20 heavy (non-hydrogen) atoms. The number of furan rings is 1. The highest BCUT2D eigenvalue weighted by Crippen LogP contribution is 2.09. The van der Waals surface area contributed by atoms with Gasteiger partial charge in [0, 0.05) is 13.5 Å². The minimum absolute atomic E-state index is 0.0748. The van der Waals surface area contributed by atoms with E-state index in [1.807, 2.05) is 24.3 Å². The number of hydrogen-bond donors (Lipinski definition) is 0. The van der Waals surface area contributed by atoms with Crippen LogP contribution in [0.25, 0.3) is 0 Å². The SMILES string of the molecule is CN(Cc1ccco1)C(=O)CCc1ccc(C#N)cc1. The summed E-state index contributed by atoms with van der Waals surface area (Å²) in [4.78, 5) is 13.7. The normalized spacial score (nSPS) is 10.0. The molecule has 4 nitrogen and oxygen atoms in total. The third kappa shape index (κ3) is 3.72. The predicted molar refractivity (Wildman–Crippen MR) is 74.7 cm³/mol. The zero-order valence-electron chi connectivity index (χ0n) is 11.4. The molecule has 0 bridgehead atoms. The third-order valence-corrected chi connectivity index (χ3v) is 3.11. The molecule has 0 atom stereocenters. The number of rotatable bonds is 5. The Hall–Kier alpha value is -2.54. The van der Waals surface area contributed by atoms with Crippen molar-refractivity contribution in [2.24, 2.45) is 0 Å². The molecule has 0 radical (unpaired) electrons. The van der Waals surface area contributed by atoms with Gasteiger partial charge in [-0.15, -0.1) is 0 Å². The van der Waals surface area contributed by atoms with Gasteiger partial charge < -0.3 is 9.32 Å². The van der Waals surface area contributed by atoms with E-state index in [9.17, 15) is 4.79 Å². The lowest BCUT2D eigenvalue weighted by Gasteiger charge is -2.15. The van der Waals surface area contributed by atoms with E-state index in [1.165, 1.54) is 0 Å². The first-order valence-electron chi connectivity index (χ1n) is 6.44. The lowest BCUT2D eigenvalue weighted by Crippen LogP contribution is -2.26. The molecule has 0 saturated carbocycles. The fourth-order valence-electron chi connectivity index (χ4n) is 1.91. The topological polar surface area (TPSA) is 57.2 Å².